The maximum Gasteiger partial charge on any atom is 0.274 e. The third-order valence-corrected chi connectivity index (χ3v) is 3.55. The minimum absolute atomic E-state index is 0.119. The van der Waals surface area contributed by atoms with Crippen LogP contribution in [-0.2, 0) is 11.2 Å². The van der Waals surface area contributed by atoms with E-state index in [1.807, 2.05) is 23.1 Å². The van der Waals surface area contributed by atoms with Crippen molar-refractivity contribution in [3.05, 3.63) is 47.8 Å². The van der Waals surface area contributed by atoms with Crippen molar-refractivity contribution < 1.29 is 9.59 Å². The molecule has 4 N–H and O–H groups in total. The van der Waals surface area contributed by atoms with Gasteiger partial charge in [-0.15, -0.1) is 0 Å². The molecule has 0 bridgehead atoms. The Bertz CT molecular complexity index is 679. The maximum atomic E-state index is 12.0. The summed E-state index contributed by atoms with van der Waals surface area (Å²) in [4.78, 5) is 28.5. The number of rotatable bonds is 3. The summed E-state index contributed by atoms with van der Waals surface area (Å²) >= 11 is 0. The summed E-state index contributed by atoms with van der Waals surface area (Å²) in [5.41, 5.74) is 9.04. The normalized spacial score (nSPS) is 13.0. The highest BCUT2D eigenvalue weighted by atomic mass is 16.2. The number of para-hydroxylation sites is 1. The highest BCUT2D eigenvalue weighted by Crippen LogP contribution is 2.33. The van der Waals surface area contributed by atoms with E-state index in [9.17, 15) is 9.59 Å². The quantitative estimate of drug-likeness (QED) is 0.731. The largest absolute Gasteiger partial charge is 0.397 e. The van der Waals surface area contributed by atoms with Crippen LogP contribution in [0.1, 0.15) is 16.1 Å². The van der Waals surface area contributed by atoms with Crippen molar-refractivity contribution in [2.75, 3.05) is 23.7 Å². The number of H-pyrrole nitrogens is 1. The Hall–Kier alpha value is -2.76. The summed E-state index contributed by atoms with van der Waals surface area (Å²) in [7, 11) is 0. The van der Waals surface area contributed by atoms with Crippen LogP contribution in [0.4, 0.5) is 11.4 Å². The Morgan fingerprint density at radius 2 is 2.14 bits per heavy atom. The molecule has 108 valence electrons. The molecule has 0 spiro atoms. The van der Waals surface area contributed by atoms with Crippen molar-refractivity contribution in [1.82, 2.24) is 10.3 Å². The van der Waals surface area contributed by atoms with Crippen LogP contribution in [0.5, 0.6) is 0 Å². The van der Waals surface area contributed by atoms with E-state index in [1.54, 1.807) is 18.3 Å². The summed E-state index contributed by atoms with van der Waals surface area (Å²) < 4.78 is 0. The van der Waals surface area contributed by atoms with Crippen LogP contribution in [0.15, 0.2) is 36.5 Å². The van der Waals surface area contributed by atoms with Gasteiger partial charge in [-0.25, -0.2) is 0 Å². The number of hydrogen-bond acceptors (Lipinski definition) is 4. The van der Waals surface area contributed by atoms with Gasteiger partial charge in [0.25, 0.3) is 5.91 Å². The molecule has 1 aromatic heterocycles. The average molecular weight is 284 g/mol. The molecular weight excluding hydrogens is 268 g/mol. The molecule has 1 aliphatic heterocycles. The lowest BCUT2D eigenvalue weighted by atomic mass is 10.1. The topological polar surface area (TPSA) is 91.2 Å². The molecule has 21 heavy (non-hydrogen) atoms. The summed E-state index contributed by atoms with van der Waals surface area (Å²) in [6.07, 6.45) is 2.50. The lowest BCUT2D eigenvalue weighted by Gasteiger charge is -2.19. The monoisotopic (exact) mass is 284 g/mol. The van der Waals surface area contributed by atoms with Gasteiger partial charge in [0.1, 0.15) is 5.69 Å². The predicted molar refractivity (Wildman–Crippen MR) is 80.0 cm³/mol. The highest BCUT2D eigenvalue weighted by molar-refractivity contribution is 6.05. The number of aromatic amines is 1. The number of imide groups is 1. The summed E-state index contributed by atoms with van der Waals surface area (Å²) in [6.45, 7) is 0.849. The van der Waals surface area contributed by atoms with Crippen molar-refractivity contribution in [3.63, 3.8) is 0 Å². The third kappa shape index (κ3) is 2.60. The molecule has 3 rings (SSSR count). The zero-order valence-corrected chi connectivity index (χ0v) is 11.4. The third-order valence-electron chi connectivity index (χ3n) is 3.55. The van der Waals surface area contributed by atoms with Crippen LogP contribution in [0.3, 0.4) is 0 Å². The Morgan fingerprint density at radius 1 is 1.29 bits per heavy atom. The fourth-order valence-corrected chi connectivity index (χ4v) is 2.60. The van der Waals surface area contributed by atoms with Gasteiger partial charge in [-0.3, -0.25) is 14.9 Å². The molecule has 1 aliphatic rings. The van der Waals surface area contributed by atoms with Crippen molar-refractivity contribution in [2.45, 2.75) is 6.42 Å². The summed E-state index contributed by atoms with van der Waals surface area (Å²) in [5, 5.41) is 2.37. The first-order chi connectivity index (χ1) is 10.1. The lowest BCUT2D eigenvalue weighted by Crippen LogP contribution is -2.39. The number of nitrogen functional groups attached to an aromatic ring is 1. The van der Waals surface area contributed by atoms with E-state index in [-0.39, 0.29) is 12.5 Å². The molecule has 0 radical (unpaired) electrons. The van der Waals surface area contributed by atoms with E-state index >= 15 is 0 Å². The number of aromatic nitrogens is 1. The smallest absolute Gasteiger partial charge is 0.274 e. The zero-order chi connectivity index (χ0) is 14.8. The van der Waals surface area contributed by atoms with E-state index in [2.05, 4.69) is 10.3 Å². The SMILES string of the molecule is Nc1cccc2c1N(CC(=O)NC(=O)c1ccc[nH]1)CC2. The first-order valence-electron chi connectivity index (χ1n) is 6.75. The molecule has 1 aromatic carbocycles. The molecule has 2 amide bonds. The number of carbonyl (C=O) groups excluding carboxylic acids is 2. The maximum absolute atomic E-state index is 12.0. The molecule has 0 fully saturated rings. The molecule has 6 nitrogen and oxygen atoms in total. The number of nitrogens with one attached hydrogen (secondary N) is 2. The Kier molecular flexibility index (Phi) is 3.35. The Balaban J connectivity index is 1.66. The minimum atomic E-state index is -0.426. The van der Waals surface area contributed by atoms with E-state index in [0.29, 0.717) is 11.4 Å². The number of anilines is 2. The second kappa shape index (κ2) is 5.32. The first-order valence-corrected chi connectivity index (χ1v) is 6.75. The number of nitrogens with zero attached hydrogens (tertiary/aromatic N) is 1. The molecule has 6 heteroatoms. The van der Waals surface area contributed by atoms with E-state index in [4.69, 9.17) is 5.73 Å². The fourth-order valence-electron chi connectivity index (χ4n) is 2.60. The van der Waals surface area contributed by atoms with Crippen LogP contribution >= 0.6 is 0 Å². The number of nitrogens with two attached hydrogens (primary N) is 1. The average Bonchev–Trinajstić information content (AvgIpc) is 3.09. The molecule has 0 atom stereocenters. The lowest BCUT2D eigenvalue weighted by molar-refractivity contribution is -0.118. The van der Waals surface area contributed by atoms with Crippen molar-refractivity contribution >= 4 is 23.2 Å². The van der Waals surface area contributed by atoms with Gasteiger partial charge in [0.05, 0.1) is 17.9 Å². The van der Waals surface area contributed by atoms with Crippen LogP contribution in [0.25, 0.3) is 0 Å². The number of carbonyl (C=O) groups is 2. The second-order valence-corrected chi connectivity index (χ2v) is 4.99. The van der Waals surface area contributed by atoms with Gasteiger partial charge in [0.15, 0.2) is 0 Å². The van der Waals surface area contributed by atoms with Gasteiger partial charge >= 0.3 is 0 Å². The van der Waals surface area contributed by atoms with Gasteiger partial charge in [-0.05, 0) is 30.2 Å². The summed E-state index contributed by atoms with van der Waals surface area (Å²) in [6, 6.07) is 9.06. The van der Waals surface area contributed by atoms with Gasteiger partial charge in [-0.1, -0.05) is 12.1 Å². The van der Waals surface area contributed by atoms with Gasteiger partial charge in [0.2, 0.25) is 5.91 Å². The van der Waals surface area contributed by atoms with E-state index in [1.165, 1.54) is 0 Å². The molecule has 0 aliphatic carbocycles. The Morgan fingerprint density at radius 3 is 2.90 bits per heavy atom. The second-order valence-electron chi connectivity index (χ2n) is 4.99. The van der Waals surface area contributed by atoms with Gasteiger partial charge < -0.3 is 15.6 Å². The van der Waals surface area contributed by atoms with Crippen molar-refractivity contribution in [2.24, 2.45) is 0 Å². The number of hydrogen-bond donors (Lipinski definition) is 3. The van der Waals surface area contributed by atoms with Gasteiger partial charge in [-0.2, -0.15) is 0 Å². The minimum Gasteiger partial charge on any atom is -0.397 e. The van der Waals surface area contributed by atoms with Crippen LogP contribution in [-0.4, -0.2) is 29.9 Å². The Labute approximate surface area is 121 Å². The van der Waals surface area contributed by atoms with Crippen molar-refractivity contribution in [1.29, 1.82) is 0 Å². The van der Waals surface area contributed by atoms with Crippen LogP contribution in [0, 0.1) is 0 Å². The number of benzene rings is 1. The predicted octanol–water partition coefficient (Wildman–Crippen LogP) is 0.916. The zero-order valence-electron chi connectivity index (χ0n) is 11.4. The summed E-state index contributed by atoms with van der Waals surface area (Å²) in [5.74, 6) is -0.767. The van der Waals surface area contributed by atoms with E-state index < -0.39 is 5.91 Å². The van der Waals surface area contributed by atoms with Crippen LogP contribution < -0.4 is 16.0 Å². The number of amides is 2. The number of fused-ring (bicyclic) bond motifs is 1. The first kappa shape index (κ1) is 13.2. The molecule has 2 heterocycles. The molecule has 2 aromatic rings. The molecule has 0 saturated carbocycles. The fraction of sp³-hybridized carbons (Fsp3) is 0.200. The van der Waals surface area contributed by atoms with Crippen LogP contribution in [0.2, 0.25) is 0 Å². The van der Waals surface area contributed by atoms with E-state index in [0.717, 1.165) is 24.2 Å². The van der Waals surface area contributed by atoms with Gasteiger partial charge in [0, 0.05) is 12.7 Å². The molecule has 0 saturated heterocycles. The molecule has 0 unspecified atom stereocenters. The standard InChI is InChI=1S/C15H16N4O2/c16-11-4-1-3-10-6-8-19(14(10)11)9-13(20)18-15(21)12-5-2-7-17-12/h1-5,7,17H,6,8-9,16H2,(H,18,20,21). The molecular formula is C15H16N4O2. The highest BCUT2D eigenvalue weighted by Gasteiger charge is 2.23. The van der Waals surface area contributed by atoms with Crippen molar-refractivity contribution in [3.8, 4) is 0 Å².